The van der Waals surface area contributed by atoms with Gasteiger partial charge in [-0.1, -0.05) is 17.7 Å². The first-order valence-corrected chi connectivity index (χ1v) is 13.2. The van der Waals surface area contributed by atoms with Crippen molar-refractivity contribution in [2.45, 2.75) is 63.8 Å². The Kier molecular flexibility index (Phi) is 7.14. The second-order valence-corrected chi connectivity index (χ2v) is 11.2. The summed E-state index contributed by atoms with van der Waals surface area (Å²) in [5, 5.41) is 3.59. The number of ether oxygens (including phenoxy) is 1. The molecule has 1 aliphatic heterocycles. The lowest BCUT2D eigenvalue weighted by atomic mass is 9.78. The number of nitrogens with one attached hydrogen (secondary N) is 1. The van der Waals surface area contributed by atoms with Crippen molar-refractivity contribution >= 4 is 23.5 Å². The van der Waals surface area contributed by atoms with Gasteiger partial charge in [0, 0.05) is 24.7 Å². The van der Waals surface area contributed by atoms with Gasteiger partial charge in [-0.2, -0.15) is 0 Å². The molecule has 188 valence electrons. The molecule has 1 N–H and O–H groups in total. The van der Waals surface area contributed by atoms with Gasteiger partial charge in [0.05, 0.1) is 30.4 Å². The molecular weight excluding hydrogens is 467 g/mol. The molecule has 1 saturated heterocycles. The summed E-state index contributed by atoms with van der Waals surface area (Å²) in [4.78, 5) is 23.2. The minimum absolute atomic E-state index is 0.0639. The first-order chi connectivity index (χ1) is 16.9. The van der Waals surface area contributed by atoms with Gasteiger partial charge in [0.2, 0.25) is 11.9 Å². The van der Waals surface area contributed by atoms with Crippen LogP contribution in [0.15, 0.2) is 30.6 Å². The van der Waals surface area contributed by atoms with Crippen molar-refractivity contribution in [2.24, 2.45) is 17.8 Å². The molecule has 5 rings (SSSR count). The van der Waals surface area contributed by atoms with Crippen LogP contribution in [-0.4, -0.2) is 41.1 Å². The first kappa shape index (κ1) is 24.3. The van der Waals surface area contributed by atoms with E-state index >= 15 is 0 Å². The van der Waals surface area contributed by atoms with Crippen LogP contribution in [0.5, 0.6) is 5.75 Å². The fourth-order valence-electron chi connectivity index (χ4n) is 5.65. The Bertz CT molecular complexity index is 1040. The van der Waals surface area contributed by atoms with Crippen molar-refractivity contribution in [3.63, 3.8) is 0 Å². The monoisotopic (exact) mass is 500 g/mol. The van der Waals surface area contributed by atoms with Gasteiger partial charge in [-0.3, -0.25) is 4.79 Å². The highest BCUT2D eigenvalue weighted by atomic mass is 35.5. The van der Waals surface area contributed by atoms with Crippen LogP contribution in [0, 0.1) is 23.6 Å². The van der Waals surface area contributed by atoms with E-state index in [-0.39, 0.29) is 23.7 Å². The normalized spacial score (nSPS) is 23.5. The molecule has 3 aliphatic rings. The highest BCUT2D eigenvalue weighted by Crippen LogP contribution is 2.49. The summed E-state index contributed by atoms with van der Waals surface area (Å²) >= 11 is 5.89. The third kappa shape index (κ3) is 6.05. The molecule has 0 bridgehead atoms. The van der Waals surface area contributed by atoms with Crippen LogP contribution in [0.1, 0.15) is 57.4 Å². The predicted molar refractivity (Wildman–Crippen MR) is 134 cm³/mol. The van der Waals surface area contributed by atoms with E-state index in [1.807, 2.05) is 6.92 Å². The Morgan fingerprint density at radius 3 is 2.66 bits per heavy atom. The molecule has 0 radical (unpaired) electrons. The molecule has 1 aromatic heterocycles. The average Bonchev–Trinajstić information content (AvgIpc) is 3.60. The van der Waals surface area contributed by atoms with E-state index < -0.39 is 0 Å². The molecule has 2 unspecified atom stereocenters. The van der Waals surface area contributed by atoms with Crippen molar-refractivity contribution in [1.29, 1.82) is 0 Å². The third-order valence-corrected chi connectivity index (χ3v) is 8.24. The van der Waals surface area contributed by atoms with Crippen molar-refractivity contribution in [1.82, 2.24) is 15.3 Å². The number of nitrogens with zero attached hydrogens (tertiary/aromatic N) is 3. The van der Waals surface area contributed by atoms with E-state index in [0.717, 1.165) is 69.4 Å². The van der Waals surface area contributed by atoms with Crippen molar-refractivity contribution in [3.8, 4) is 5.75 Å². The third-order valence-electron chi connectivity index (χ3n) is 8.04. The van der Waals surface area contributed by atoms with Crippen LogP contribution in [0.25, 0.3) is 0 Å². The molecule has 2 atom stereocenters. The first-order valence-electron chi connectivity index (χ1n) is 12.8. The number of anilines is 1. The standard InChI is InChI=1S/C27H34ClFN4O2/c1-27(8-2-9-27)32-25(34)14-20-3-4-22(15-24(20)29)35-12-7-19-13-23(19)18-5-10-33(11-6-18)26-30-16-21(28)17-31-26/h3-4,15-19,23H,2,5-14H2,1H3,(H,32,34). The van der Waals surface area contributed by atoms with Crippen LogP contribution in [0.4, 0.5) is 10.3 Å². The fraction of sp³-hybridized carbons (Fsp3) is 0.593. The van der Waals surface area contributed by atoms with Crippen LogP contribution >= 0.6 is 11.6 Å². The van der Waals surface area contributed by atoms with E-state index in [1.54, 1.807) is 24.5 Å². The number of carbonyl (C=O) groups is 1. The quantitative estimate of drug-likeness (QED) is 0.513. The number of hydrogen-bond acceptors (Lipinski definition) is 5. The summed E-state index contributed by atoms with van der Waals surface area (Å²) in [6, 6.07) is 4.85. The second kappa shape index (κ2) is 10.3. The highest BCUT2D eigenvalue weighted by molar-refractivity contribution is 6.30. The van der Waals surface area contributed by atoms with Gasteiger partial charge >= 0.3 is 0 Å². The maximum atomic E-state index is 14.5. The zero-order valence-corrected chi connectivity index (χ0v) is 21.1. The van der Waals surface area contributed by atoms with Crippen molar-refractivity contribution < 1.29 is 13.9 Å². The molecule has 1 aromatic carbocycles. The molecule has 1 amide bonds. The zero-order chi connectivity index (χ0) is 24.4. The zero-order valence-electron chi connectivity index (χ0n) is 20.3. The number of amides is 1. The number of halogens is 2. The molecule has 0 spiro atoms. The van der Waals surface area contributed by atoms with Gasteiger partial charge in [-0.25, -0.2) is 14.4 Å². The largest absolute Gasteiger partial charge is 0.493 e. The lowest BCUT2D eigenvalue weighted by Gasteiger charge is -2.39. The smallest absolute Gasteiger partial charge is 0.225 e. The summed E-state index contributed by atoms with van der Waals surface area (Å²) in [5.74, 6) is 3.00. The topological polar surface area (TPSA) is 67.3 Å². The maximum absolute atomic E-state index is 14.5. The molecule has 3 fully saturated rings. The average molecular weight is 501 g/mol. The van der Waals surface area contributed by atoms with Gasteiger partial charge in [0.15, 0.2) is 0 Å². The summed E-state index contributed by atoms with van der Waals surface area (Å²) in [5.41, 5.74) is 0.301. The van der Waals surface area contributed by atoms with E-state index in [0.29, 0.717) is 28.9 Å². The molecule has 35 heavy (non-hydrogen) atoms. The maximum Gasteiger partial charge on any atom is 0.225 e. The Labute approximate surface area is 211 Å². The Hall–Kier alpha value is -2.41. The number of hydrogen-bond donors (Lipinski definition) is 1. The van der Waals surface area contributed by atoms with E-state index in [9.17, 15) is 9.18 Å². The van der Waals surface area contributed by atoms with Gasteiger partial charge in [-0.15, -0.1) is 0 Å². The van der Waals surface area contributed by atoms with Crippen LogP contribution < -0.4 is 15.0 Å². The SMILES string of the molecule is CC1(NC(=O)Cc2ccc(OCCC3CC3C3CCN(c4ncc(Cl)cn4)CC3)cc2F)CCC1. The molecule has 6 nitrogen and oxygen atoms in total. The predicted octanol–water partition coefficient (Wildman–Crippen LogP) is 5.19. The fourth-order valence-corrected chi connectivity index (χ4v) is 5.75. The van der Waals surface area contributed by atoms with Gasteiger partial charge in [-0.05, 0) is 81.3 Å². The summed E-state index contributed by atoms with van der Waals surface area (Å²) in [6.45, 7) is 4.60. The Morgan fingerprint density at radius 1 is 1.26 bits per heavy atom. The lowest BCUT2D eigenvalue weighted by molar-refractivity contribution is -0.123. The van der Waals surface area contributed by atoms with E-state index in [4.69, 9.17) is 16.3 Å². The summed E-state index contributed by atoms with van der Waals surface area (Å²) in [6.07, 6.45) is 11.1. The number of carbonyl (C=O) groups excluding carboxylic acids is 1. The minimum Gasteiger partial charge on any atom is -0.493 e. The highest BCUT2D eigenvalue weighted by Gasteiger charge is 2.43. The van der Waals surface area contributed by atoms with Crippen molar-refractivity contribution in [3.05, 3.63) is 47.0 Å². The van der Waals surface area contributed by atoms with Crippen molar-refractivity contribution in [2.75, 3.05) is 24.6 Å². The number of aromatic nitrogens is 2. The molecule has 2 aliphatic carbocycles. The molecule has 8 heteroatoms. The number of rotatable bonds is 9. The summed E-state index contributed by atoms with van der Waals surface area (Å²) < 4.78 is 20.4. The van der Waals surface area contributed by atoms with Crippen LogP contribution in [0.3, 0.4) is 0 Å². The summed E-state index contributed by atoms with van der Waals surface area (Å²) in [7, 11) is 0. The second-order valence-electron chi connectivity index (χ2n) is 10.7. The number of piperidine rings is 1. The molecular formula is C27H34ClFN4O2. The van der Waals surface area contributed by atoms with Crippen LogP contribution in [0.2, 0.25) is 5.02 Å². The lowest BCUT2D eigenvalue weighted by Crippen LogP contribution is -2.51. The number of benzene rings is 1. The molecule has 2 aromatic rings. The Morgan fingerprint density at radius 2 is 2.00 bits per heavy atom. The minimum atomic E-state index is -0.378. The van der Waals surface area contributed by atoms with Gasteiger partial charge in [0.1, 0.15) is 11.6 Å². The van der Waals surface area contributed by atoms with Crippen LogP contribution in [-0.2, 0) is 11.2 Å². The Balaban J connectivity index is 1.01. The van der Waals surface area contributed by atoms with E-state index in [1.165, 1.54) is 12.5 Å². The van der Waals surface area contributed by atoms with E-state index in [2.05, 4.69) is 20.2 Å². The van der Waals surface area contributed by atoms with Gasteiger partial charge < -0.3 is 15.0 Å². The van der Waals surface area contributed by atoms with Gasteiger partial charge in [0.25, 0.3) is 0 Å². The molecule has 2 heterocycles. The molecule has 2 saturated carbocycles.